The standard InChI is InChI=1S/C21H17N5O3S/c1-29-19-10-6-5-9-16(19)20(27)22-21(28)25-30-15-11-12-17-18(13-15)24-26(23-17)14-7-3-2-4-8-14/h2-13H,1H3,(H2,22,25,27,28). The molecule has 0 saturated carbocycles. The van der Waals surface area contributed by atoms with E-state index in [0.717, 1.165) is 28.0 Å². The Labute approximate surface area is 176 Å². The van der Waals surface area contributed by atoms with Gasteiger partial charge in [0.15, 0.2) is 0 Å². The van der Waals surface area contributed by atoms with Crippen molar-refractivity contribution in [2.24, 2.45) is 0 Å². The molecule has 30 heavy (non-hydrogen) atoms. The van der Waals surface area contributed by atoms with E-state index in [1.165, 1.54) is 7.11 Å². The Hall–Kier alpha value is -3.85. The number of para-hydroxylation sites is 2. The van der Waals surface area contributed by atoms with E-state index in [1.54, 1.807) is 29.1 Å². The molecule has 0 aliphatic rings. The summed E-state index contributed by atoms with van der Waals surface area (Å²) in [7, 11) is 1.46. The second-order valence-corrected chi connectivity index (χ2v) is 7.04. The number of amides is 3. The number of urea groups is 1. The fraction of sp³-hybridized carbons (Fsp3) is 0.0476. The van der Waals surface area contributed by atoms with Crippen molar-refractivity contribution in [2.75, 3.05) is 7.11 Å². The highest BCUT2D eigenvalue weighted by molar-refractivity contribution is 7.98. The Morgan fingerprint density at radius 1 is 0.933 bits per heavy atom. The van der Waals surface area contributed by atoms with Gasteiger partial charge >= 0.3 is 6.03 Å². The third-order valence-corrected chi connectivity index (χ3v) is 4.96. The second-order valence-electron chi connectivity index (χ2n) is 6.16. The lowest BCUT2D eigenvalue weighted by Crippen LogP contribution is -2.36. The van der Waals surface area contributed by atoms with Crippen molar-refractivity contribution in [3.05, 3.63) is 78.4 Å². The van der Waals surface area contributed by atoms with Crippen LogP contribution in [0.5, 0.6) is 5.75 Å². The lowest BCUT2D eigenvalue weighted by molar-refractivity contribution is 0.0962. The van der Waals surface area contributed by atoms with Crippen LogP contribution in [0.25, 0.3) is 16.7 Å². The van der Waals surface area contributed by atoms with Crippen molar-refractivity contribution in [3.63, 3.8) is 0 Å². The highest BCUT2D eigenvalue weighted by atomic mass is 32.2. The monoisotopic (exact) mass is 419 g/mol. The number of ether oxygens (including phenoxy) is 1. The van der Waals surface area contributed by atoms with Crippen LogP contribution in [0.1, 0.15) is 10.4 Å². The number of hydrogen-bond acceptors (Lipinski definition) is 6. The van der Waals surface area contributed by atoms with Gasteiger partial charge in [-0.2, -0.15) is 4.80 Å². The van der Waals surface area contributed by atoms with Gasteiger partial charge in [0.25, 0.3) is 5.91 Å². The molecule has 4 rings (SSSR count). The number of nitrogens with zero attached hydrogens (tertiary/aromatic N) is 3. The van der Waals surface area contributed by atoms with Crippen molar-refractivity contribution < 1.29 is 14.3 Å². The molecule has 9 heteroatoms. The zero-order valence-corrected chi connectivity index (χ0v) is 16.7. The molecule has 0 bridgehead atoms. The van der Waals surface area contributed by atoms with Crippen molar-refractivity contribution in [2.45, 2.75) is 4.90 Å². The van der Waals surface area contributed by atoms with Gasteiger partial charge in [0.1, 0.15) is 16.8 Å². The van der Waals surface area contributed by atoms with Gasteiger partial charge in [0, 0.05) is 4.90 Å². The molecular formula is C21H17N5O3S. The molecule has 0 atom stereocenters. The van der Waals surface area contributed by atoms with E-state index < -0.39 is 11.9 Å². The van der Waals surface area contributed by atoms with Crippen molar-refractivity contribution in [3.8, 4) is 11.4 Å². The fourth-order valence-electron chi connectivity index (χ4n) is 2.77. The van der Waals surface area contributed by atoms with Crippen molar-refractivity contribution in [1.29, 1.82) is 0 Å². The first-order chi connectivity index (χ1) is 14.6. The Balaban J connectivity index is 1.40. The van der Waals surface area contributed by atoms with Crippen LogP contribution in [-0.4, -0.2) is 34.0 Å². The maximum Gasteiger partial charge on any atom is 0.331 e. The summed E-state index contributed by atoms with van der Waals surface area (Å²) in [5.41, 5.74) is 2.56. The van der Waals surface area contributed by atoms with Gasteiger partial charge in [-0.05, 0) is 54.4 Å². The smallest absolute Gasteiger partial charge is 0.331 e. The van der Waals surface area contributed by atoms with Crippen LogP contribution in [0.4, 0.5) is 4.79 Å². The molecule has 0 unspecified atom stereocenters. The average Bonchev–Trinajstić information content (AvgIpc) is 3.21. The van der Waals surface area contributed by atoms with E-state index >= 15 is 0 Å². The van der Waals surface area contributed by atoms with Crippen LogP contribution in [0.15, 0.2) is 77.7 Å². The van der Waals surface area contributed by atoms with Crippen LogP contribution < -0.4 is 14.8 Å². The molecule has 2 N–H and O–H groups in total. The molecule has 3 aromatic carbocycles. The van der Waals surface area contributed by atoms with Crippen LogP contribution in [-0.2, 0) is 0 Å². The molecule has 0 spiro atoms. The SMILES string of the molecule is COc1ccccc1C(=O)NC(=O)NSc1ccc2nn(-c3ccccc3)nc2c1. The lowest BCUT2D eigenvalue weighted by Gasteiger charge is -2.09. The summed E-state index contributed by atoms with van der Waals surface area (Å²) < 4.78 is 7.73. The Morgan fingerprint density at radius 2 is 1.67 bits per heavy atom. The quantitative estimate of drug-likeness (QED) is 0.480. The van der Waals surface area contributed by atoms with Gasteiger partial charge in [0.2, 0.25) is 0 Å². The number of methoxy groups -OCH3 is 1. The molecular weight excluding hydrogens is 402 g/mol. The highest BCUT2D eigenvalue weighted by Gasteiger charge is 2.15. The third kappa shape index (κ3) is 4.26. The van der Waals surface area contributed by atoms with E-state index in [-0.39, 0.29) is 5.56 Å². The predicted octanol–water partition coefficient (Wildman–Crippen LogP) is 3.58. The molecule has 0 aliphatic heterocycles. The second kappa shape index (κ2) is 8.66. The van der Waals surface area contributed by atoms with Crippen LogP contribution in [0.2, 0.25) is 0 Å². The van der Waals surface area contributed by atoms with E-state index in [4.69, 9.17) is 4.74 Å². The summed E-state index contributed by atoms with van der Waals surface area (Å²) in [4.78, 5) is 26.7. The summed E-state index contributed by atoms with van der Waals surface area (Å²) in [5.74, 6) is -0.158. The first-order valence-corrected chi connectivity index (χ1v) is 9.79. The summed E-state index contributed by atoms with van der Waals surface area (Å²) >= 11 is 1.07. The summed E-state index contributed by atoms with van der Waals surface area (Å²) in [6.07, 6.45) is 0. The third-order valence-electron chi connectivity index (χ3n) is 4.18. The maximum atomic E-state index is 12.3. The van der Waals surface area contributed by atoms with E-state index in [2.05, 4.69) is 20.2 Å². The average molecular weight is 419 g/mol. The zero-order valence-electron chi connectivity index (χ0n) is 15.9. The minimum absolute atomic E-state index is 0.277. The van der Waals surface area contributed by atoms with Gasteiger partial charge < -0.3 is 4.74 Å². The van der Waals surface area contributed by atoms with E-state index in [0.29, 0.717) is 11.3 Å². The number of imide groups is 1. The number of benzene rings is 3. The van der Waals surface area contributed by atoms with Crippen LogP contribution in [0.3, 0.4) is 0 Å². The molecule has 0 fully saturated rings. The zero-order chi connectivity index (χ0) is 20.9. The number of aromatic nitrogens is 3. The van der Waals surface area contributed by atoms with E-state index in [1.807, 2.05) is 48.5 Å². The van der Waals surface area contributed by atoms with Gasteiger partial charge in [0.05, 0.1) is 18.4 Å². The summed E-state index contributed by atoms with van der Waals surface area (Å²) in [5, 5.41) is 11.2. The molecule has 8 nitrogen and oxygen atoms in total. The van der Waals surface area contributed by atoms with Gasteiger partial charge in [-0.3, -0.25) is 14.8 Å². The molecule has 0 aliphatic carbocycles. The van der Waals surface area contributed by atoms with Crippen molar-refractivity contribution in [1.82, 2.24) is 25.0 Å². The number of carbonyl (C=O) groups excluding carboxylic acids is 2. The normalized spacial score (nSPS) is 10.6. The molecule has 1 aromatic heterocycles. The van der Waals surface area contributed by atoms with Crippen LogP contribution in [0, 0.1) is 0 Å². The minimum Gasteiger partial charge on any atom is -0.496 e. The summed E-state index contributed by atoms with van der Waals surface area (Å²) in [6, 6.07) is 21.1. The Morgan fingerprint density at radius 3 is 2.47 bits per heavy atom. The van der Waals surface area contributed by atoms with E-state index in [9.17, 15) is 9.59 Å². The first kappa shape index (κ1) is 19.5. The molecule has 1 heterocycles. The van der Waals surface area contributed by atoms with Gasteiger partial charge in [-0.25, -0.2) is 4.79 Å². The molecule has 150 valence electrons. The molecule has 4 aromatic rings. The molecule has 0 radical (unpaired) electrons. The van der Waals surface area contributed by atoms with Gasteiger partial charge in [-0.15, -0.1) is 10.2 Å². The summed E-state index contributed by atoms with van der Waals surface area (Å²) in [6.45, 7) is 0. The minimum atomic E-state index is -0.635. The number of rotatable bonds is 5. The largest absolute Gasteiger partial charge is 0.496 e. The molecule has 0 saturated heterocycles. The number of fused-ring (bicyclic) bond motifs is 1. The predicted molar refractivity (Wildman–Crippen MR) is 114 cm³/mol. The van der Waals surface area contributed by atoms with Gasteiger partial charge in [-0.1, -0.05) is 30.3 Å². The van der Waals surface area contributed by atoms with Crippen molar-refractivity contribution >= 4 is 34.9 Å². The number of carbonyl (C=O) groups is 2. The topological polar surface area (TPSA) is 98.1 Å². The van der Waals surface area contributed by atoms with Crippen LogP contribution >= 0.6 is 11.9 Å². The number of nitrogens with one attached hydrogen (secondary N) is 2. The Kier molecular flexibility index (Phi) is 5.62. The number of hydrogen-bond donors (Lipinski definition) is 2. The highest BCUT2D eigenvalue weighted by Crippen LogP contribution is 2.21. The lowest BCUT2D eigenvalue weighted by atomic mass is 10.2. The fourth-order valence-corrected chi connectivity index (χ4v) is 3.34. The molecule has 3 amide bonds. The maximum absolute atomic E-state index is 12.3. The first-order valence-electron chi connectivity index (χ1n) is 8.98. The Bertz CT molecular complexity index is 1210.